The molecular weight excluding hydrogens is 285 g/mol. The lowest BCUT2D eigenvalue weighted by Gasteiger charge is -2.31. The number of hydrogen-bond acceptors (Lipinski definition) is 3. The van der Waals surface area contributed by atoms with Gasteiger partial charge in [-0.05, 0) is 18.2 Å². The van der Waals surface area contributed by atoms with Crippen molar-refractivity contribution in [3.8, 4) is 0 Å². The molecule has 0 aromatic heterocycles. The van der Waals surface area contributed by atoms with Crippen LogP contribution in [0.2, 0.25) is 5.02 Å². The minimum Gasteiger partial charge on any atom is -0.343 e. The van der Waals surface area contributed by atoms with Crippen LogP contribution in [0.25, 0.3) is 0 Å². The number of halogens is 2. The highest BCUT2D eigenvalue weighted by molar-refractivity contribution is 6.31. The van der Waals surface area contributed by atoms with E-state index in [9.17, 15) is 14.0 Å². The van der Waals surface area contributed by atoms with E-state index in [0.717, 1.165) is 6.41 Å². The SMILES string of the molecule is O=CN1CCN(CC(=O)Nc2ccc(F)c(Cl)c2)CC1. The molecule has 1 aliphatic rings. The lowest BCUT2D eigenvalue weighted by atomic mass is 10.3. The Hall–Kier alpha value is -1.66. The second-order valence-corrected chi connectivity index (χ2v) is 5.00. The summed E-state index contributed by atoms with van der Waals surface area (Å²) >= 11 is 5.65. The molecule has 1 aromatic rings. The predicted octanol–water partition coefficient (Wildman–Crippen LogP) is 1.19. The topological polar surface area (TPSA) is 52.7 Å². The molecule has 1 heterocycles. The summed E-state index contributed by atoms with van der Waals surface area (Å²) in [6.07, 6.45) is 0.817. The first-order chi connectivity index (χ1) is 9.58. The summed E-state index contributed by atoms with van der Waals surface area (Å²) in [6.45, 7) is 2.81. The van der Waals surface area contributed by atoms with Crippen LogP contribution in [-0.4, -0.2) is 54.8 Å². The van der Waals surface area contributed by atoms with Gasteiger partial charge in [0.15, 0.2) is 0 Å². The molecule has 2 amide bonds. The molecule has 108 valence electrons. The van der Waals surface area contributed by atoms with Crippen LogP contribution in [0.4, 0.5) is 10.1 Å². The molecular formula is C13H15ClFN3O2. The van der Waals surface area contributed by atoms with Crippen LogP contribution in [0.3, 0.4) is 0 Å². The summed E-state index contributed by atoms with van der Waals surface area (Å²) in [5, 5.41) is 2.64. The molecule has 0 aliphatic carbocycles. The normalized spacial score (nSPS) is 16.0. The van der Waals surface area contributed by atoms with Crippen LogP contribution >= 0.6 is 11.6 Å². The first kappa shape index (κ1) is 14.7. The van der Waals surface area contributed by atoms with Crippen LogP contribution in [0.1, 0.15) is 0 Å². The number of piperazine rings is 1. The second-order valence-electron chi connectivity index (χ2n) is 4.59. The Balaban J connectivity index is 1.83. The van der Waals surface area contributed by atoms with Crippen molar-refractivity contribution in [2.75, 3.05) is 38.0 Å². The van der Waals surface area contributed by atoms with Crippen LogP contribution in [0, 0.1) is 5.82 Å². The molecule has 1 N–H and O–H groups in total. The third-order valence-electron chi connectivity index (χ3n) is 3.13. The maximum atomic E-state index is 13.0. The maximum Gasteiger partial charge on any atom is 0.238 e. The molecule has 0 saturated carbocycles. The Labute approximate surface area is 121 Å². The van der Waals surface area contributed by atoms with E-state index in [2.05, 4.69) is 5.32 Å². The van der Waals surface area contributed by atoms with E-state index in [4.69, 9.17) is 11.6 Å². The number of nitrogens with zero attached hydrogens (tertiary/aromatic N) is 2. The Bertz CT molecular complexity index is 504. The molecule has 1 aromatic carbocycles. The molecule has 20 heavy (non-hydrogen) atoms. The molecule has 0 unspecified atom stereocenters. The fraction of sp³-hybridized carbons (Fsp3) is 0.385. The highest BCUT2D eigenvalue weighted by Gasteiger charge is 2.17. The molecule has 1 aliphatic heterocycles. The van der Waals surface area contributed by atoms with Gasteiger partial charge >= 0.3 is 0 Å². The number of benzene rings is 1. The lowest BCUT2D eigenvalue weighted by Crippen LogP contribution is -2.48. The van der Waals surface area contributed by atoms with Crippen LogP contribution in [0.15, 0.2) is 18.2 Å². The predicted molar refractivity (Wildman–Crippen MR) is 74.1 cm³/mol. The number of carbonyl (C=O) groups excluding carboxylic acids is 2. The Kier molecular flexibility index (Phi) is 4.92. The first-order valence-corrected chi connectivity index (χ1v) is 6.63. The van der Waals surface area contributed by atoms with Gasteiger partial charge in [0.2, 0.25) is 12.3 Å². The van der Waals surface area contributed by atoms with Crippen LogP contribution in [0.5, 0.6) is 0 Å². The van der Waals surface area contributed by atoms with E-state index in [1.54, 1.807) is 4.90 Å². The average molecular weight is 300 g/mol. The van der Waals surface area contributed by atoms with E-state index in [0.29, 0.717) is 31.9 Å². The third-order valence-corrected chi connectivity index (χ3v) is 3.42. The van der Waals surface area contributed by atoms with Crippen molar-refractivity contribution < 1.29 is 14.0 Å². The van der Waals surface area contributed by atoms with Crippen LogP contribution < -0.4 is 5.32 Å². The molecule has 7 heteroatoms. The fourth-order valence-electron chi connectivity index (χ4n) is 2.00. The zero-order valence-electron chi connectivity index (χ0n) is 10.8. The summed E-state index contributed by atoms with van der Waals surface area (Å²) in [5.74, 6) is -0.707. The van der Waals surface area contributed by atoms with Gasteiger partial charge in [-0.15, -0.1) is 0 Å². The van der Waals surface area contributed by atoms with E-state index >= 15 is 0 Å². The van der Waals surface area contributed by atoms with Crippen molar-refractivity contribution in [2.45, 2.75) is 0 Å². The summed E-state index contributed by atoms with van der Waals surface area (Å²) in [7, 11) is 0. The van der Waals surface area contributed by atoms with E-state index in [1.165, 1.54) is 18.2 Å². The number of rotatable bonds is 4. The van der Waals surface area contributed by atoms with E-state index < -0.39 is 5.82 Å². The highest BCUT2D eigenvalue weighted by atomic mass is 35.5. The zero-order valence-corrected chi connectivity index (χ0v) is 11.6. The largest absolute Gasteiger partial charge is 0.343 e. The van der Waals surface area contributed by atoms with Crippen molar-refractivity contribution in [1.29, 1.82) is 0 Å². The summed E-state index contributed by atoms with van der Waals surface area (Å²) in [6, 6.07) is 4.05. The number of anilines is 1. The lowest BCUT2D eigenvalue weighted by molar-refractivity contribution is -0.120. The Morgan fingerprint density at radius 1 is 1.35 bits per heavy atom. The standard InChI is InChI=1S/C13H15ClFN3O2/c14-11-7-10(1-2-12(11)15)16-13(20)8-17-3-5-18(9-19)6-4-17/h1-2,7,9H,3-6,8H2,(H,16,20). The summed E-state index contributed by atoms with van der Waals surface area (Å²) in [5.41, 5.74) is 0.466. The van der Waals surface area contributed by atoms with Gasteiger partial charge < -0.3 is 10.2 Å². The van der Waals surface area contributed by atoms with Gasteiger partial charge in [-0.1, -0.05) is 11.6 Å². The van der Waals surface area contributed by atoms with Crippen molar-refractivity contribution >= 4 is 29.6 Å². The van der Waals surface area contributed by atoms with E-state index in [1.807, 2.05) is 4.90 Å². The number of amides is 2. The van der Waals surface area contributed by atoms with Crippen LogP contribution in [-0.2, 0) is 9.59 Å². The summed E-state index contributed by atoms with van der Waals surface area (Å²) in [4.78, 5) is 26.1. The third kappa shape index (κ3) is 3.91. The number of carbonyl (C=O) groups is 2. The quantitative estimate of drug-likeness (QED) is 0.850. The molecule has 1 fully saturated rings. The van der Waals surface area contributed by atoms with Gasteiger partial charge in [-0.25, -0.2) is 4.39 Å². The molecule has 0 atom stereocenters. The van der Waals surface area contributed by atoms with Gasteiger partial charge in [-0.3, -0.25) is 14.5 Å². The van der Waals surface area contributed by atoms with Gasteiger partial charge in [-0.2, -0.15) is 0 Å². The molecule has 2 rings (SSSR count). The smallest absolute Gasteiger partial charge is 0.238 e. The maximum absolute atomic E-state index is 13.0. The molecule has 1 saturated heterocycles. The molecule has 0 radical (unpaired) electrons. The van der Waals surface area contributed by atoms with Gasteiger partial charge in [0, 0.05) is 31.9 Å². The van der Waals surface area contributed by atoms with Gasteiger partial charge in [0.1, 0.15) is 5.82 Å². The minimum absolute atomic E-state index is 0.0256. The van der Waals surface area contributed by atoms with Crippen molar-refractivity contribution in [3.05, 3.63) is 29.0 Å². The van der Waals surface area contributed by atoms with Crippen molar-refractivity contribution in [1.82, 2.24) is 9.80 Å². The number of hydrogen-bond donors (Lipinski definition) is 1. The Morgan fingerprint density at radius 2 is 2.05 bits per heavy atom. The van der Waals surface area contributed by atoms with E-state index in [-0.39, 0.29) is 17.5 Å². The highest BCUT2D eigenvalue weighted by Crippen LogP contribution is 2.19. The van der Waals surface area contributed by atoms with Gasteiger partial charge in [0.25, 0.3) is 0 Å². The molecule has 5 nitrogen and oxygen atoms in total. The summed E-state index contributed by atoms with van der Waals surface area (Å²) < 4.78 is 13.0. The average Bonchev–Trinajstić information content (AvgIpc) is 2.44. The van der Waals surface area contributed by atoms with Crippen molar-refractivity contribution in [3.63, 3.8) is 0 Å². The monoisotopic (exact) mass is 299 g/mol. The second kappa shape index (κ2) is 6.67. The molecule has 0 spiro atoms. The number of nitrogens with one attached hydrogen (secondary N) is 1. The Morgan fingerprint density at radius 3 is 2.65 bits per heavy atom. The molecule has 0 bridgehead atoms. The van der Waals surface area contributed by atoms with Gasteiger partial charge in [0.05, 0.1) is 11.6 Å². The minimum atomic E-state index is -0.519. The fourth-order valence-corrected chi connectivity index (χ4v) is 2.18. The zero-order chi connectivity index (χ0) is 14.5. The van der Waals surface area contributed by atoms with Crippen molar-refractivity contribution in [2.24, 2.45) is 0 Å². The first-order valence-electron chi connectivity index (χ1n) is 6.25.